The van der Waals surface area contributed by atoms with E-state index in [1.54, 1.807) is 0 Å². The lowest BCUT2D eigenvalue weighted by atomic mass is 9.30. The minimum absolute atomic E-state index is 0.135. The summed E-state index contributed by atoms with van der Waals surface area (Å²) in [4.78, 5) is 14.7. The van der Waals surface area contributed by atoms with Crippen LogP contribution in [0, 0.1) is 50.2 Å². The van der Waals surface area contributed by atoms with Crippen molar-refractivity contribution in [2.75, 3.05) is 33.0 Å². The van der Waals surface area contributed by atoms with Crippen molar-refractivity contribution in [1.82, 2.24) is 0 Å². The van der Waals surface area contributed by atoms with Gasteiger partial charge in [-0.05, 0) is 91.3 Å². The van der Waals surface area contributed by atoms with Gasteiger partial charge in [-0.3, -0.25) is 4.79 Å². The van der Waals surface area contributed by atoms with Crippen LogP contribution in [0.4, 0.5) is 0 Å². The molecule has 418 valence electrons. The summed E-state index contributed by atoms with van der Waals surface area (Å²) in [6, 6.07) is 0. The molecule has 5 aliphatic heterocycles. The van der Waals surface area contributed by atoms with E-state index >= 15 is 0 Å². The normalized spacial score (nSPS) is 56.5. The predicted octanol–water partition coefficient (Wildman–Crippen LogP) is -0.864. The van der Waals surface area contributed by atoms with Gasteiger partial charge in [-0.2, -0.15) is 0 Å². The van der Waals surface area contributed by atoms with Crippen LogP contribution < -0.4 is 0 Å². The van der Waals surface area contributed by atoms with Gasteiger partial charge in [0.05, 0.1) is 50.2 Å². The van der Waals surface area contributed by atoms with Crippen molar-refractivity contribution in [2.24, 2.45) is 50.2 Å². The van der Waals surface area contributed by atoms with E-state index in [1.165, 1.54) is 0 Å². The molecule has 0 aromatic carbocycles. The quantitative estimate of drug-likeness (QED) is 0.119. The van der Waals surface area contributed by atoms with E-state index in [2.05, 4.69) is 48.5 Å². The van der Waals surface area contributed by atoms with Crippen LogP contribution in [0.15, 0.2) is 0 Å². The van der Waals surface area contributed by atoms with Gasteiger partial charge in [0.15, 0.2) is 25.2 Å². The third-order valence-corrected chi connectivity index (χ3v) is 21.6. The number of aliphatic hydroxyl groups excluding tert-OH is 11. The Morgan fingerprint density at radius 2 is 1.18 bits per heavy atom. The molecule has 73 heavy (non-hydrogen) atoms. The van der Waals surface area contributed by atoms with Crippen LogP contribution in [-0.4, -0.2) is 217 Å². The lowest BCUT2D eigenvalue weighted by Gasteiger charge is -2.74. The summed E-state index contributed by atoms with van der Waals surface area (Å²) in [6.07, 6.45) is -21.7. The van der Waals surface area contributed by atoms with Gasteiger partial charge in [0.2, 0.25) is 0 Å². The van der Waals surface area contributed by atoms with Gasteiger partial charge in [-0.15, -0.1) is 0 Å². The molecule has 2 bridgehead atoms. The maximum Gasteiger partial charge on any atom is 0.187 e. The van der Waals surface area contributed by atoms with Crippen molar-refractivity contribution in [3.63, 3.8) is 0 Å². The largest absolute Gasteiger partial charge is 0.394 e. The molecule has 27 unspecified atom stereocenters. The fourth-order valence-electron chi connectivity index (χ4n) is 17.1. The molecule has 5 heterocycles. The number of hydrogen-bond donors (Lipinski definition) is 11. The number of hydrogen-bond acceptors (Lipinski definition) is 21. The van der Waals surface area contributed by atoms with E-state index in [-0.39, 0.29) is 50.4 Å². The molecule has 0 radical (unpaired) electrons. The lowest BCUT2D eigenvalue weighted by molar-refractivity contribution is -0.392. The summed E-state index contributed by atoms with van der Waals surface area (Å²) in [5, 5.41) is 118. The van der Waals surface area contributed by atoms with Crippen molar-refractivity contribution in [2.45, 2.75) is 235 Å². The molecule has 10 aliphatic rings. The molecule has 27 atom stereocenters. The molecule has 10 fully saturated rings. The number of Topliss-reactive ketones (excluding diaryl/α,β-unsaturated/α-hetero) is 1. The fourth-order valence-corrected chi connectivity index (χ4v) is 17.1. The summed E-state index contributed by atoms with van der Waals surface area (Å²) in [7, 11) is 0. The molecule has 5 saturated carbocycles. The second-order valence-electron chi connectivity index (χ2n) is 26.0. The van der Waals surface area contributed by atoms with E-state index in [9.17, 15) is 61.0 Å². The number of fused-ring (bicyclic) bond motifs is 4. The van der Waals surface area contributed by atoms with Crippen LogP contribution in [-0.2, 0) is 47.4 Å². The van der Waals surface area contributed by atoms with Gasteiger partial charge < -0.3 is 98.8 Å². The first-order valence-electron chi connectivity index (χ1n) is 26.9. The van der Waals surface area contributed by atoms with Gasteiger partial charge in [-0.1, -0.05) is 48.5 Å². The highest BCUT2D eigenvalue weighted by Crippen LogP contribution is 2.80. The first kappa shape index (κ1) is 55.2. The van der Waals surface area contributed by atoms with Crippen molar-refractivity contribution < 1.29 is 104 Å². The first-order valence-corrected chi connectivity index (χ1v) is 26.9. The SMILES string of the molecule is CC1(C)CCC23COC4(CCC5C6(C)CCC(OC7OCC(OC8OC(CO)C(O)C(O)C8OC8OCC(O)C(O)C8O)C(O)C7OC7OC(CO)C(O)C(O)C7O)C(C)(C)C6CCC5(C)C4(C)CC2=O)C3C1. The zero-order valence-corrected chi connectivity index (χ0v) is 43.3. The highest BCUT2D eigenvalue weighted by atomic mass is 16.8. The number of aliphatic hydroxyl groups is 11. The summed E-state index contributed by atoms with van der Waals surface area (Å²) < 4.78 is 55.9. The molecule has 5 aliphatic carbocycles. The molecule has 0 aromatic heterocycles. The number of ether oxygens (including phenoxy) is 9. The van der Waals surface area contributed by atoms with Gasteiger partial charge >= 0.3 is 0 Å². The Hall–Kier alpha value is -1.13. The molecular formula is C52H84O21. The van der Waals surface area contributed by atoms with Gasteiger partial charge in [0.25, 0.3) is 0 Å². The average Bonchev–Trinajstić information content (AvgIpc) is 3.62. The Balaban J connectivity index is 0.901. The summed E-state index contributed by atoms with van der Waals surface area (Å²) in [5.41, 5.74) is -1.81. The van der Waals surface area contributed by atoms with Crippen LogP contribution in [0.3, 0.4) is 0 Å². The Labute approximate surface area is 426 Å². The summed E-state index contributed by atoms with van der Waals surface area (Å²) in [5.74, 6) is 1.02. The zero-order valence-electron chi connectivity index (χ0n) is 43.3. The Morgan fingerprint density at radius 3 is 1.88 bits per heavy atom. The van der Waals surface area contributed by atoms with E-state index in [4.69, 9.17) is 42.6 Å². The van der Waals surface area contributed by atoms with E-state index in [0.717, 1.165) is 51.4 Å². The monoisotopic (exact) mass is 1040 g/mol. The summed E-state index contributed by atoms with van der Waals surface area (Å²) >= 11 is 0. The highest BCUT2D eigenvalue weighted by molar-refractivity contribution is 5.88. The third kappa shape index (κ3) is 8.33. The van der Waals surface area contributed by atoms with Crippen LogP contribution >= 0.6 is 0 Å². The van der Waals surface area contributed by atoms with Crippen LogP contribution in [0.5, 0.6) is 0 Å². The molecule has 1 spiro atoms. The molecule has 0 aromatic rings. The first-order chi connectivity index (χ1) is 34.2. The van der Waals surface area contributed by atoms with E-state index in [0.29, 0.717) is 25.2 Å². The third-order valence-electron chi connectivity index (χ3n) is 21.6. The maximum atomic E-state index is 14.7. The number of ketones is 1. The number of carbonyl (C=O) groups is 1. The average molecular weight is 1050 g/mol. The van der Waals surface area contributed by atoms with Crippen molar-refractivity contribution in [3.05, 3.63) is 0 Å². The molecule has 0 amide bonds. The second kappa shape index (κ2) is 19.3. The van der Waals surface area contributed by atoms with Crippen LogP contribution in [0.1, 0.15) is 113 Å². The Bertz CT molecular complexity index is 2010. The van der Waals surface area contributed by atoms with Gasteiger partial charge in [-0.25, -0.2) is 0 Å². The second-order valence-corrected chi connectivity index (χ2v) is 26.0. The number of rotatable bonds is 10. The van der Waals surface area contributed by atoms with Crippen LogP contribution in [0.25, 0.3) is 0 Å². The van der Waals surface area contributed by atoms with Crippen molar-refractivity contribution in [1.29, 1.82) is 0 Å². The Morgan fingerprint density at radius 1 is 0.562 bits per heavy atom. The summed E-state index contributed by atoms with van der Waals surface area (Å²) in [6.45, 7) is 14.5. The molecule has 11 N–H and O–H groups in total. The minimum atomic E-state index is -1.88. The van der Waals surface area contributed by atoms with E-state index < -0.39 is 149 Å². The van der Waals surface area contributed by atoms with Crippen LogP contribution in [0.2, 0.25) is 0 Å². The van der Waals surface area contributed by atoms with E-state index in [1.807, 2.05) is 0 Å². The minimum Gasteiger partial charge on any atom is -0.394 e. The highest BCUT2D eigenvalue weighted by Gasteiger charge is 2.80. The van der Waals surface area contributed by atoms with Crippen molar-refractivity contribution in [3.8, 4) is 0 Å². The molecule has 5 saturated heterocycles. The standard InChI is InChI=1S/C52H84O21/c1-46(2)14-15-51-22-67-52(29(51)16-46)13-9-28-48(5)11-10-31(47(3,4)27(48)8-12-49(28,6)50(52,7)17-30(51)56)71-44-40(73-43-39(64)36(61)33(58)24(18-53)68-43)35(60)26(21-66-44)70-45-41(37(62)34(59)25(19-54)69-45)72-42-38(63)32(57)23(55)20-65-42/h23-29,31-45,53-55,57-64H,8-22H2,1-7H3. The van der Waals surface area contributed by atoms with Gasteiger partial charge in [0.1, 0.15) is 91.2 Å². The predicted molar refractivity (Wildman–Crippen MR) is 249 cm³/mol. The topological polar surface area (TPSA) is 323 Å². The van der Waals surface area contributed by atoms with Crippen molar-refractivity contribution >= 4 is 5.78 Å². The van der Waals surface area contributed by atoms with Gasteiger partial charge in [0, 0.05) is 17.8 Å². The fraction of sp³-hybridized carbons (Fsp3) is 0.981. The molecule has 10 rings (SSSR count). The maximum absolute atomic E-state index is 14.7. The smallest absolute Gasteiger partial charge is 0.187 e. The molecule has 21 heteroatoms. The lowest BCUT2D eigenvalue weighted by Crippen LogP contribution is -2.73. The number of carbonyl (C=O) groups excluding carboxylic acids is 1. The molecular weight excluding hydrogens is 961 g/mol. The molecule has 21 nitrogen and oxygen atoms in total. The Kier molecular flexibility index (Phi) is 14.6. The zero-order chi connectivity index (χ0) is 52.7.